The molecule has 0 fully saturated rings. The predicted octanol–water partition coefficient (Wildman–Crippen LogP) is 2.06. The molecule has 0 unspecified atom stereocenters. The second-order valence-electron chi connectivity index (χ2n) is 3.82. The summed E-state index contributed by atoms with van der Waals surface area (Å²) in [6, 6.07) is 8.13. The maximum Gasteiger partial charge on any atom is 0.357 e. The van der Waals surface area contributed by atoms with Gasteiger partial charge in [0.2, 0.25) is 0 Å². The molecule has 18 heavy (non-hydrogen) atoms. The van der Waals surface area contributed by atoms with Crippen LogP contribution in [-0.2, 0) is 4.74 Å². The lowest BCUT2D eigenvalue weighted by Gasteiger charge is -2.06. The van der Waals surface area contributed by atoms with Crippen LogP contribution in [0.25, 0.3) is 5.69 Å². The number of hydrogen-bond donors (Lipinski definition) is 1. The van der Waals surface area contributed by atoms with Crippen molar-refractivity contribution in [3.05, 3.63) is 41.7 Å². The fourth-order valence-corrected chi connectivity index (χ4v) is 1.64. The van der Waals surface area contributed by atoms with Crippen molar-refractivity contribution in [2.45, 2.75) is 13.8 Å². The Hall–Kier alpha value is -2.30. The van der Waals surface area contributed by atoms with Crippen LogP contribution in [0.4, 0.5) is 0 Å². The van der Waals surface area contributed by atoms with Gasteiger partial charge in [-0.05, 0) is 44.2 Å². The van der Waals surface area contributed by atoms with E-state index in [-0.39, 0.29) is 5.75 Å². The second-order valence-corrected chi connectivity index (χ2v) is 3.82. The highest BCUT2D eigenvalue weighted by molar-refractivity contribution is 5.88. The van der Waals surface area contributed by atoms with Crippen molar-refractivity contribution in [3.8, 4) is 11.4 Å². The van der Waals surface area contributed by atoms with Gasteiger partial charge in [0.25, 0.3) is 0 Å². The van der Waals surface area contributed by atoms with Gasteiger partial charge in [0.05, 0.1) is 18.0 Å². The normalized spacial score (nSPS) is 10.3. The molecule has 0 aliphatic rings. The first-order valence-corrected chi connectivity index (χ1v) is 5.65. The van der Waals surface area contributed by atoms with Crippen molar-refractivity contribution in [2.24, 2.45) is 0 Å². The number of hydrogen-bond acceptors (Lipinski definition) is 4. The summed E-state index contributed by atoms with van der Waals surface area (Å²) in [5.41, 5.74) is 1.80. The summed E-state index contributed by atoms with van der Waals surface area (Å²) in [6.45, 7) is 3.88. The lowest BCUT2D eigenvalue weighted by atomic mass is 10.3. The molecule has 5 heteroatoms. The third-order valence-corrected chi connectivity index (χ3v) is 2.41. The molecule has 0 atom stereocenters. The molecule has 0 aliphatic heterocycles. The third kappa shape index (κ3) is 2.34. The van der Waals surface area contributed by atoms with Crippen LogP contribution >= 0.6 is 0 Å². The van der Waals surface area contributed by atoms with E-state index in [2.05, 4.69) is 5.10 Å². The van der Waals surface area contributed by atoms with E-state index in [1.165, 1.54) is 4.68 Å². The lowest BCUT2D eigenvalue weighted by Crippen LogP contribution is -2.11. The molecular formula is C13H14N2O3. The van der Waals surface area contributed by atoms with Crippen LogP contribution < -0.4 is 0 Å². The number of esters is 1. The molecule has 94 valence electrons. The minimum atomic E-state index is -0.411. The molecule has 0 saturated carbocycles. The van der Waals surface area contributed by atoms with E-state index < -0.39 is 5.97 Å². The Morgan fingerprint density at radius 2 is 2.06 bits per heavy atom. The van der Waals surface area contributed by atoms with Crippen molar-refractivity contribution >= 4 is 5.97 Å². The predicted molar refractivity (Wildman–Crippen MR) is 65.9 cm³/mol. The molecule has 0 amide bonds. The third-order valence-electron chi connectivity index (χ3n) is 2.41. The fraction of sp³-hybridized carbons (Fsp3) is 0.231. The SMILES string of the molecule is CCOC(=O)c1cc(C)nn1-c1ccc(O)cc1. The summed E-state index contributed by atoms with van der Waals surface area (Å²) in [5.74, 6) is -0.244. The van der Waals surface area contributed by atoms with Crippen LogP contribution in [0, 0.1) is 6.92 Å². The summed E-state index contributed by atoms with van der Waals surface area (Å²) in [7, 11) is 0. The van der Waals surface area contributed by atoms with Gasteiger partial charge >= 0.3 is 5.97 Å². The number of aryl methyl sites for hydroxylation is 1. The number of phenols is 1. The summed E-state index contributed by atoms with van der Waals surface area (Å²) in [4.78, 5) is 11.8. The zero-order chi connectivity index (χ0) is 13.1. The molecule has 0 radical (unpaired) electrons. The van der Waals surface area contributed by atoms with E-state index >= 15 is 0 Å². The van der Waals surface area contributed by atoms with Gasteiger partial charge in [-0.1, -0.05) is 0 Å². The second kappa shape index (κ2) is 4.91. The standard InChI is InChI=1S/C13H14N2O3/c1-3-18-13(17)12-8-9(2)14-15(12)10-4-6-11(16)7-5-10/h4-8,16H,3H2,1-2H3. The number of aromatic nitrogens is 2. The first kappa shape index (κ1) is 12.2. The number of rotatable bonds is 3. The lowest BCUT2D eigenvalue weighted by molar-refractivity contribution is 0.0515. The number of nitrogens with zero attached hydrogens (tertiary/aromatic N) is 2. The number of carbonyl (C=O) groups excluding carboxylic acids is 1. The highest BCUT2D eigenvalue weighted by atomic mass is 16.5. The number of aromatic hydroxyl groups is 1. The molecule has 0 saturated heterocycles. The minimum absolute atomic E-state index is 0.167. The van der Waals surface area contributed by atoms with Gasteiger partial charge in [0, 0.05) is 0 Å². The van der Waals surface area contributed by atoms with Gasteiger partial charge in [-0.2, -0.15) is 5.10 Å². The molecule has 2 rings (SSSR count). The summed E-state index contributed by atoms with van der Waals surface area (Å²) in [5, 5.41) is 13.5. The van der Waals surface area contributed by atoms with Crippen molar-refractivity contribution in [1.29, 1.82) is 0 Å². The number of carbonyl (C=O) groups is 1. The maximum absolute atomic E-state index is 11.8. The fourth-order valence-electron chi connectivity index (χ4n) is 1.64. The molecule has 1 N–H and O–H groups in total. The van der Waals surface area contributed by atoms with E-state index in [1.54, 1.807) is 44.2 Å². The quantitative estimate of drug-likeness (QED) is 0.842. The largest absolute Gasteiger partial charge is 0.508 e. The zero-order valence-electron chi connectivity index (χ0n) is 10.3. The van der Waals surface area contributed by atoms with Gasteiger partial charge < -0.3 is 9.84 Å². The minimum Gasteiger partial charge on any atom is -0.508 e. The number of phenolic OH excluding ortho intramolecular Hbond substituents is 1. The molecular weight excluding hydrogens is 232 g/mol. The monoisotopic (exact) mass is 246 g/mol. The van der Waals surface area contributed by atoms with Crippen molar-refractivity contribution < 1.29 is 14.6 Å². The van der Waals surface area contributed by atoms with Crippen molar-refractivity contribution in [1.82, 2.24) is 9.78 Å². The Labute approximate surface area is 105 Å². The van der Waals surface area contributed by atoms with E-state index in [9.17, 15) is 9.90 Å². The van der Waals surface area contributed by atoms with Gasteiger partial charge in [-0.3, -0.25) is 0 Å². The van der Waals surface area contributed by atoms with Crippen LogP contribution in [0.3, 0.4) is 0 Å². The zero-order valence-corrected chi connectivity index (χ0v) is 10.3. The Morgan fingerprint density at radius 1 is 1.39 bits per heavy atom. The van der Waals surface area contributed by atoms with E-state index in [0.717, 1.165) is 5.69 Å². The summed E-state index contributed by atoms with van der Waals surface area (Å²) >= 11 is 0. The Balaban J connectivity index is 2.44. The molecule has 1 heterocycles. The first-order valence-electron chi connectivity index (χ1n) is 5.65. The van der Waals surface area contributed by atoms with Gasteiger partial charge in [0.1, 0.15) is 5.75 Å². The van der Waals surface area contributed by atoms with Crippen LogP contribution in [0.5, 0.6) is 5.75 Å². The Bertz CT molecular complexity index is 558. The van der Waals surface area contributed by atoms with Gasteiger partial charge in [-0.15, -0.1) is 0 Å². The average molecular weight is 246 g/mol. The molecule has 0 bridgehead atoms. The molecule has 1 aromatic carbocycles. The summed E-state index contributed by atoms with van der Waals surface area (Å²) in [6.07, 6.45) is 0. The van der Waals surface area contributed by atoms with Crippen molar-refractivity contribution in [2.75, 3.05) is 6.61 Å². The molecule has 0 aliphatic carbocycles. The first-order chi connectivity index (χ1) is 8.61. The smallest absolute Gasteiger partial charge is 0.357 e. The van der Waals surface area contributed by atoms with Crippen LogP contribution in [-0.4, -0.2) is 27.5 Å². The Kier molecular flexibility index (Phi) is 3.32. The van der Waals surface area contributed by atoms with Gasteiger partial charge in [-0.25, -0.2) is 9.48 Å². The maximum atomic E-state index is 11.8. The highest BCUT2D eigenvalue weighted by Crippen LogP contribution is 2.16. The Morgan fingerprint density at radius 3 is 2.67 bits per heavy atom. The summed E-state index contributed by atoms with van der Waals surface area (Å²) < 4.78 is 6.48. The molecule has 0 spiro atoms. The number of ether oxygens (including phenoxy) is 1. The van der Waals surface area contributed by atoms with Crippen LogP contribution in [0.15, 0.2) is 30.3 Å². The van der Waals surface area contributed by atoms with E-state index in [1.807, 2.05) is 0 Å². The van der Waals surface area contributed by atoms with E-state index in [4.69, 9.17) is 4.74 Å². The molecule has 1 aromatic heterocycles. The van der Waals surface area contributed by atoms with Crippen LogP contribution in [0.2, 0.25) is 0 Å². The average Bonchev–Trinajstić information content (AvgIpc) is 2.73. The molecule has 2 aromatic rings. The topological polar surface area (TPSA) is 64.3 Å². The van der Waals surface area contributed by atoms with Crippen molar-refractivity contribution in [3.63, 3.8) is 0 Å². The molecule has 5 nitrogen and oxygen atoms in total. The highest BCUT2D eigenvalue weighted by Gasteiger charge is 2.16. The number of benzene rings is 1. The van der Waals surface area contributed by atoms with Crippen LogP contribution in [0.1, 0.15) is 23.1 Å². The van der Waals surface area contributed by atoms with Gasteiger partial charge in [0.15, 0.2) is 5.69 Å². The van der Waals surface area contributed by atoms with E-state index in [0.29, 0.717) is 18.0 Å².